The van der Waals surface area contributed by atoms with Crippen molar-refractivity contribution in [3.05, 3.63) is 46.8 Å². The molecule has 2 rings (SSSR count). The maximum absolute atomic E-state index is 6.33. The van der Waals surface area contributed by atoms with E-state index in [-0.39, 0.29) is 6.04 Å². The molecule has 1 atom stereocenters. The van der Waals surface area contributed by atoms with E-state index in [9.17, 15) is 0 Å². The Kier molecular flexibility index (Phi) is 3.39. The molecule has 0 aliphatic heterocycles. The normalized spacial score (nSPS) is 12.5. The lowest BCUT2D eigenvalue weighted by Gasteiger charge is -2.15. The predicted octanol–water partition coefficient (Wildman–Crippen LogP) is 2.09. The maximum Gasteiger partial charge on any atom is 0.119 e. The third kappa shape index (κ3) is 2.11. The Hall–Kier alpha value is -1.81. The number of methoxy groups -OCH3 is 1. The molecule has 1 aromatic carbocycles. The van der Waals surface area contributed by atoms with Crippen molar-refractivity contribution in [3.8, 4) is 5.75 Å². The van der Waals surface area contributed by atoms with Gasteiger partial charge in [0.05, 0.1) is 19.3 Å². The van der Waals surface area contributed by atoms with E-state index >= 15 is 0 Å². The Morgan fingerprint density at radius 3 is 2.50 bits per heavy atom. The quantitative estimate of drug-likeness (QED) is 0.901. The number of ether oxygens (including phenoxy) is 1. The van der Waals surface area contributed by atoms with Gasteiger partial charge in [0, 0.05) is 18.3 Å². The highest BCUT2D eigenvalue weighted by atomic mass is 16.5. The third-order valence-corrected chi connectivity index (χ3v) is 3.42. The summed E-state index contributed by atoms with van der Waals surface area (Å²) >= 11 is 0. The number of nitrogens with zero attached hydrogens (tertiary/aromatic N) is 2. The molecule has 0 fully saturated rings. The van der Waals surface area contributed by atoms with E-state index in [4.69, 9.17) is 10.5 Å². The molecule has 0 amide bonds. The van der Waals surface area contributed by atoms with Gasteiger partial charge in [-0.15, -0.1) is 0 Å². The van der Waals surface area contributed by atoms with Crippen LogP contribution in [-0.2, 0) is 7.05 Å². The van der Waals surface area contributed by atoms with Crippen LogP contribution in [0.3, 0.4) is 0 Å². The summed E-state index contributed by atoms with van der Waals surface area (Å²) < 4.78 is 7.05. The monoisotopic (exact) mass is 245 g/mol. The molecule has 4 heteroatoms. The van der Waals surface area contributed by atoms with Crippen molar-refractivity contribution in [2.75, 3.05) is 7.11 Å². The zero-order chi connectivity index (χ0) is 13.3. The third-order valence-electron chi connectivity index (χ3n) is 3.42. The van der Waals surface area contributed by atoms with Crippen molar-refractivity contribution >= 4 is 0 Å². The fraction of sp³-hybridized carbons (Fsp3) is 0.357. The van der Waals surface area contributed by atoms with Gasteiger partial charge in [0.1, 0.15) is 5.75 Å². The van der Waals surface area contributed by atoms with Gasteiger partial charge in [-0.3, -0.25) is 4.68 Å². The molecule has 4 nitrogen and oxygen atoms in total. The molecular weight excluding hydrogens is 226 g/mol. The van der Waals surface area contributed by atoms with Crippen LogP contribution < -0.4 is 10.5 Å². The van der Waals surface area contributed by atoms with Crippen molar-refractivity contribution in [2.24, 2.45) is 12.8 Å². The van der Waals surface area contributed by atoms with E-state index in [2.05, 4.69) is 5.10 Å². The number of hydrogen-bond acceptors (Lipinski definition) is 3. The highest BCUT2D eigenvalue weighted by Gasteiger charge is 2.16. The molecule has 0 aliphatic rings. The van der Waals surface area contributed by atoms with E-state index in [1.165, 1.54) is 0 Å². The van der Waals surface area contributed by atoms with Crippen LogP contribution in [0.15, 0.2) is 24.4 Å². The summed E-state index contributed by atoms with van der Waals surface area (Å²) in [5, 5.41) is 4.24. The minimum atomic E-state index is -0.149. The number of nitrogens with two attached hydrogens (primary N) is 1. The molecule has 0 saturated carbocycles. The average molecular weight is 245 g/mol. The molecule has 0 saturated heterocycles. The highest BCUT2D eigenvalue weighted by Crippen LogP contribution is 2.27. The SMILES string of the molecule is COc1ccc(C(N)c2cnn(C)c2C)c(C)c1. The van der Waals surface area contributed by atoms with Crippen LogP contribution in [0.5, 0.6) is 5.75 Å². The van der Waals surface area contributed by atoms with E-state index in [1.54, 1.807) is 7.11 Å². The predicted molar refractivity (Wildman–Crippen MR) is 71.7 cm³/mol. The summed E-state index contributed by atoms with van der Waals surface area (Å²) in [6, 6.07) is 5.81. The van der Waals surface area contributed by atoms with Gasteiger partial charge in [0.2, 0.25) is 0 Å². The molecule has 1 aromatic heterocycles. The molecule has 2 N–H and O–H groups in total. The van der Waals surface area contributed by atoms with Gasteiger partial charge in [0.15, 0.2) is 0 Å². The Bertz CT molecular complexity index is 560. The second-order valence-electron chi connectivity index (χ2n) is 4.51. The van der Waals surface area contributed by atoms with Crippen LogP contribution in [0.2, 0.25) is 0 Å². The second kappa shape index (κ2) is 4.82. The molecule has 0 radical (unpaired) electrons. The average Bonchev–Trinajstić information content (AvgIpc) is 2.69. The standard InChI is InChI=1S/C14H19N3O/c1-9-7-11(18-4)5-6-12(9)14(15)13-8-16-17(3)10(13)2/h5-8,14H,15H2,1-4H3. The van der Waals surface area contributed by atoms with Crippen LogP contribution in [0.25, 0.3) is 0 Å². The van der Waals surface area contributed by atoms with E-state index in [1.807, 2.05) is 50.0 Å². The van der Waals surface area contributed by atoms with E-state index in [0.717, 1.165) is 28.1 Å². The lowest BCUT2D eigenvalue weighted by molar-refractivity contribution is 0.414. The van der Waals surface area contributed by atoms with Gasteiger partial charge in [-0.2, -0.15) is 5.10 Å². The van der Waals surface area contributed by atoms with Crippen molar-refractivity contribution in [1.29, 1.82) is 0 Å². The number of hydrogen-bond donors (Lipinski definition) is 1. The topological polar surface area (TPSA) is 53.1 Å². The summed E-state index contributed by atoms with van der Waals surface area (Å²) in [4.78, 5) is 0. The van der Waals surface area contributed by atoms with Gasteiger partial charge in [0.25, 0.3) is 0 Å². The van der Waals surface area contributed by atoms with Crippen LogP contribution in [0, 0.1) is 13.8 Å². The van der Waals surface area contributed by atoms with Crippen molar-refractivity contribution in [2.45, 2.75) is 19.9 Å². The van der Waals surface area contributed by atoms with Crippen LogP contribution >= 0.6 is 0 Å². The largest absolute Gasteiger partial charge is 0.497 e. The second-order valence-corrected chi connectivity index (χ2v) is 4.51. The molecule has 1 heterocycles. The Balaban J connectivity index is 2.40. The molecule has 96 valence electrons. The van der Waals surface area contributed by atoms with Crippen molar-refractivity contribution < 1.29 is 4.74 Å². The fourth-order valence-electron chi connectivity index (χ4n) is 2.11. The first kappa shape index (κ1) is 12.6. The highest BCUT2D eigenvalue weighted by molar-refractivity contribution is 5.41. The lowest BCUT2D eigenvalue weighted by Crippen LogP contribution is -2.14. The molecule has 18 heavy (non-hydrogen) atoms. The van der Waals surface area contributed by atoms with Crippen molar-refractivity contribution in [1.82, 2.24) is 9.78 Å². The maximum atomic E-state index is 6.33. The minimum Gasteiger partial charge on any atom is -0.497 e. The first-order chi connectivity index (χ1) is 8.54. The van der Waals surface area contributed by atoms with E-state index in [0.29, 0.717) is 0 Å². The van der Waals surface area contributed by atoms with Gasteiger partial charge in [-0.25, -0.2) is 0 Å². The fourth-order valence-corrected chi connectivity index (χ4v) is 2.11. The van der Waals surface area contributed by atoms with Gasteiger partial charge < -0.3 is 10.5 Å². The molecular formula is C14H19N3O. The summed E-state index contributed by atoms with van der Waals surface area (Å²) in [6.07, 6.45) is 1.84. The number of aromatic nitrogens is 2. The lowest BCUT2D eigenvalue weighted by atomic mass is 9.96. The van der Waals surface area contributed by atoms with Crippen molar-refractivity contribution in [3.63, 3.8) is 0 Å². The molecule has 2 aromatic rings. The Labute approximate surface area is 107 Å². The molecule has 0 aliphatic carbocycles. The minimum absolute atomic E-state index is 0.149. The number of aryl methyl sites for hydroxylation is 2. The smallest absolute Gasteiger partial charge is 0.119 e. The molecule has 0 bridgehead atoms. The Morgan fingerprint density at radius 2 is 2.00 bits per heavy atom. The summed E-state index contributed by atoms with van der Waals surface area (Å²) in [5.74, 6) is 0.853. The number of rotatable bonds is 3. The van der Waals surface area contributed by atoms with Crippen LogP contribution in [-0.4, -0.2) is 16.9 Å². The zero-order valence-corrected chi connectivity index (χ0v) is 11.3. The Morgan fingerprint density at radius 1 is 1.28 bits per heavy atom. The molecule has 1 unspecified atom stereocenters. The molecule has 0 spiro atoms. The van der Waals surface area contributed by atoms with E-state index < -0.39 is 0 Å². The van der Waals surface area contributed by atoms with Gasteiger partial charge >= 0.3 is 0 Å². The van der Waals surface area contributed by atoms with Crippen LogP contribution in [0.1, 0.15) is 28.4 Å². The van der Waals surface area contributed by atoms with Crippen LogP contribution in [0.4, 0.5) is 0 Å². The van der Waals surface area contributed by atoms with Gasteiger partial charge in [-0.1, -0.05) is 6.07 Å². The first-order valence-corrected chi connectivity index (χ1v) is 5.93. The van der Waals surface area contributed by atoms with Gasteiger partial charge in [-0.05, 0) is 37.1 Å². The first-order valence-electron chi connectivity index (χ1n) is 5.93. The summed E-state index contributed by atoms with van der Waals surface area (Å²) in [6.45, 7) is 4.07. The summed E-state index contributed by atoms with van der Waals surface area (Å²) in [5.41, 5.74) is 10.7. The number of benzene rings is 1. The zero-order valence-electron chi connectivity index (χ0n) is 11.3. The summed E-state index contributed by atoms with van der Waals surface area (Å²) in [7, 11) is 3.59.